The van der Waals surface area contributed by atoms with Crippen LogP contribution in [0.2, 0.25) is 0 Å². The molecule has 2 N–H and O–H groups in total. The Hall–Kier alpha value is -1.27. The number of halogens is 3. The molecular weight excluding hydrogens is 283 g/mol. The molecule has 0 amide bonds. The molecule has 0 bridgehead atoms. The fourth-order valence-corrected chi connectivity index (χ4v) is 1.86. The van der Waals surface area contributed by atoms with E-state index in [0.29, 0.717) is 11.8 Å². The third-order valence-corrected chi connectivity index (χ3v) is 3.13. The Balaban J connectivity index is 2.40. The summed E-state index contributed by atoms with van der Waals surface area (Å²) in [4.78, 5) is 0. The highest BCUT2D eigenvalue weighted by Crippen LogP contribution is 2.21. The van der Waals surface area contributed by atoms with Crippen molar-refractivity contribution >= 4 is 0 Å². The minimum Gasteiger partial charge on any atom is -0.491 e. The van der Waals surface area contributed by atoms with Gasteiger partial charge >= 0.3 is 6.18 Å². The van der Waals surface area contributed by atoms with E-state index in [1.165, 1.54) is 0 Å². The van der Waals surface area contributed by atoms with Crippen LogP contribution < -0.4 is 10.1 Å². The van der Waals surface area contributed by atoms with E-state index in [9.17, 15) is 13.2 Å². The first-order valence-electron chi connectivity index (χ1n) is 7.02. The van der Waals surface area contributed by atoms with Gasteiger partial charge in [-0.3, -0.25) is 0 Å². The molecule has 0 radical (unpaired) electrons. The molecule has 0 fully saturated rings. The van der Waals surface area contributed by atoms with E-state index >= 15 is 0 Å². The maximum atomic E-state index is 12.1. The number of aryl methyl sites for hydroxylation is 1. The van der Waals surface area contributed by atoms with Crippen LogP contribution >= 0.6 is 0 Å². The molecule has 0 spiro atoms. The van der Waals surface area contributed by atoms with Gasteiger partial charge in [0.05, 0.1) is 0 Å². The number of rotatable bonds is 8. The fourth-order valence-electron chi connectivity index (χ4n) is 1.86. The summed E-state index contributed by atoms with van der Waals surface area (Å²) < 4.78 is 41.3. The van der Waals surface area contributed by atoms with Crippen molar-refractivity contribution in [3.8, 4) is 5.75 Å². The SMILES string of the molecule is CCNC(C)CCc1ccc(OCC(O)C(F)(F)F)cc1. The van der Waals surface area contributed by atoms with E-state index in [2.05, 4.69) is 19.2 Å². The molecule has 120 valence electrons. The number of hydrogen-bond donors (Lipinski definition) is 2. The molecule has 21 heavy (non-hydrogen) atoms. The third-order valence-electron chi connectivity index (χ3n) is 3.13. The van der Waals surface area contributed by atoms with Gasteiger partial charge in [-0.2, -0.15) is 13.2 Å². The summed E-state index contributed by atoms with van der Waals surface area (Å²) in [6.07, 6.45) is -5.24. The zero-order chi connectivity index (χ0) is 15.9. The van der Waals surface area contributed by atoms with Crippen molar-refractivity contribution in [3.63, 3.8) is 0 Å². The Bertz CT molecular complexity index is 406. The van der Waals surface area contributed by atoms with Crippen molar-refractivity contribution in [2.24, 2.45) is 0 Å². The minimum atomic E-state index is -4.65. The standard InChI is InChI=1S/C15H22F3NO2/c1-3-19-11(2)4-5-12-6-8-13(9-7-12)21-10-14(20)15(16,17)18/h6-9,11,14,19-20H,3-5,10H2,1-2H3. The van der Waals surface area contributed by atoms with Crippen LogP contribution in [-0.2, 0) is 6.42 Å². The van der Waals surface area contributed by atoms with Gasteiger partial charge in [-0.15, -0.1) is 0 Å². The molecule has 0 aromatic heterocycles. The number of alkyl halides is 3. The number of aliphatic hydroxyl groups is 1. The maximum absolute atomic E-state index is 12.1. The monoisotopic (exact) mass is 305 g/mol. The van der Waals surface area contributed by atoms with Crippen LogP contribution in [0.25, 0.3) is 0 Å². The summed E-state index contributed by atoms with van der Waals surface area (Å²) >= 11 is 0. The Morgan fingerprint density at radius 3 is 2.38 bits per heavy atom. The lowest BCUT2D eigenvalue weighted by Gasteiger charge is -2.15. The van der Waals surface area contributed by atoms with E-state index in [-0.39, 0.29) is 0 Å². The van der Waals surface area contributed by atoms with Crippen molar-refractivity contribution in [1.29, 1.82) is 0 Å². The van der Waals surface area contributed by atoms with Crippen molar-refractivity contribution in [2.75, 3.05) is 13.2 Å². The van der Waals surface area contributed by atoms with Gasteiger partial charge < -0.3 is 15.2 Å². The zero-order valence-corrected chi connectivity index (χ0v) is 12.3. The molecule has 2 atom stereocenters. The van der Waals surface area contributed by atoms with Gasteiger partial charge in [0, 0.05) is 6.04 Å². The number of ether oxygens (including phenoxy) is 1. The van der Waals surface area contributed by atoms with E-state index in [4.69, 9.17) is 9.84 Å². The topological polar surface area (TPSA) is 41.5 Å². The quantitative estimate of drug-likeness (QED) is 0.776. The van der Waals surface area contributed by atoms with Crippen LogP contribution in [0.3, 0.4) is 0 Å². The minimum absolute atomic E-state index is 0.321. The highest BCUT2D eigenvalue weighted by molar-refractivity contribution is 5.27. The lowest BCUT2D eigenvalue weighted by Crippen LogP contribution is -2.34. The van der Waals surface area contributed by atoms with Crippen LogP contribution in [0.4, 0.5) is 13.2 Å². The lowest BCUT2D eigenvalue weighted by molar-refractivity contribution is -0.210. The van der Waals surface area contributed by atoms with E-state index in [1.807, 2.05) is 12.1 Å². The van der Waals surface area contributed by atoms with E-state index in [1.54, 1.807) is 12.1 Å². The molecule has 0 aliphatic heterocycles. The lowest BCUT2D eigenvalue weighted by atomic mass is 10.1. The maximum Gasteiger partial charge on any atom is 0.417 e. The summed E-state index contributed by atoms with van der Waals surface area (Å²) in [6, 6.07) is 7.32. The van der Waals surface area contributed by atoms with Crippen molar-refractivity contribution in [2.45, 2.75) is 45.0 Å². The normalized spacial score (nSPS) is 14.8. The Morgan fingerprint density at radius 2 is 1.86 bits per heavy atom. The Morgan fingerprint density at radius 1 is 1.24 bits per heavy atom. The highest BCUT2D eigenvalue weighted by Gasteiger charge is 2.38. The summed E-state index contributed by atoms with van der Waals surface area (Å²) in [5, 5.41) is 12.2. The van der Waals surface area contributed by atoms with Crippen LogP contribution in [0.5, 0.6) is 5.75 Å². The zero-order valence-electron chi connectivity index (χ0n) is 12.3. The van der Waals surface area contributed by atoms with Gasteiger partial charge in [0.25, 0.3) is 0 Å². The molecule has 1 rings (SSSR count). The van der Waals surface area contributed by atoms with Gasteiger partial charge in [-0.25, -0.2) is 0 Å². The highest BCUT2D eigenvalue weighted by atomic mass is 19.4. The molecule has 6 heteroatoms. The van der Waals surface area contributed by atoms with Crippen molar-refractivity contribution < 1.29 is 23.0 Å². The number of nitrogens with one attached hydrogen (secondary N) is 1. The van der Waals surface area contributed by atoms with Crippen LogP contribution in [0.15, 0.2) is 24.3 Å². The molecule has 0 aliphatic carbocycles. The molecule has 1 aromatic carbocycles. The van der Waals surface area contributed by atoms with Gasteiger partial charge in [0.1, 0.15) is 12.4 Å². The first-order valence-corrected chi connectivity index (χ1v) is 7.02. The van der Waals surface area contributed by atoms with Gasteiger partial charge in [0.2, 0.25) is 0 Å². The van der Waals surface area contributed by atoms with E-state index in [0.717, 1.165) is 24.9 Å². The fraction of sp³-hybridized carbons (Fsp3) is 0.600. The molecular formula is C15H22F3NO2. The molecule has 3 nitrogen and oxygen atoms in total. The molecule has 0 saturated heterocycles. The predicted molar refractivity (Wildman–Crippen MR) is 75.5 cm³/mol. The van der Waals surface area contributed by atoms with E-state index < -0.39 is 18.9 Å². The summed E-state index contributed by atoms with van der Waals surface area (Å²) in [5.41, 5.74) is 1.10. The largest absolute Gasteiger partial charge is 0.491 e. The van der Waals surface area contributed by atoms with Gasteiger partial charge in [0.15, 0.2) is 6.10 Å². The second-order valence-electron chi connectivity index (χ2n) is 5.01. The van der Waals surface area contributed by atoms with Gasteiger partial charge in [-0.05, 0) is 44.0 Å². The summed E-state index contributed by atoms with van der Waals surface area (Å²) in [7, 11) is 0. The van der Waals surface area contributed by atoms with Crippen molar-refractivity contribution in [3.05, 3.63) is 29.8 Å². The summed E-state index contributed by atoms with van der Waals surface area (Å²) in [6.45, 7) is 4.30. The molecule has 2 unspecified atom stereocenters. The van der Waals surface area contributed by atoms with Crippen LogP contribution in [0.1, 0.15) is 25.8 Å². The Labute approximate surface area is 123 Å². The average molecular weight is 305 g/mol. The molecule has 1 aromatic rings. The number of benzene rings is 1. The van der Waals surface area contributed by atoms with Crippen molar-refractivity contribution in [1.82, 2.24) is 5.32 Å². The first kappa shape index (κ1) is 17.8. The van der Waals surface area contributed by atoms with Crippen LogP contribution in [0, 0.1) is 0 Å². The van der Waals surface area contributed by atoms with Gasteiger partial charge in [-0.1, -0.05) is 19.1 Å². The molecule has 0 aliphatic rings. The Kier molecular flexibility index (Phi) is 6.98. The summed E-state index contributed by atoms with van der Waals surface area (Å²) in [5.74, 6) is 0.321. The second kappa shape index (κ2) is 8.24. The molecule has 0 saturated carbocycles. The predicted octanol–water partition coefficient (Wildman–Crippen LogP) is 2.92. The van der Waals surface area contributed by atoms with Crippen LogP contribution in [-0.4, -0.2) is 36.6 Å². The smallest absolute Gasteiger partial charge is 0.417 e. The third kappa shape index (κ3) is 6.82. The number of aliphatic hydroxyl groups excluding tert-OH is 1. The average Bonchev–Trinajstić information content (AvgIpc) is 2.43. The molecule has 0 heterocycles. The first-order chi connectivity index (χ1) is 9.82. The number of hydrogen-bond acceptors (Lipinski definition) is 3. The second-order valence-corrected chi connectivity index (χ2v) is 5.01.